The molecule has 0 bridgehead atoms. The molecule has 1 aliphatic rings. The van der Waals surface area contributed by atoms with E-state index in [1.165, 1.54) is 12.8 Å². The first-order valence-electron chi connectivity index (χ1n) is 6.61. The van der Waals surface area contributed by atoms with Crippen molar-refractivity contribution in [3.05, 3.63) is 28.8 Å². The van der Waals surface area contributed by atoms with E-state index in [9.17, 15) is 4.79 Å². The summed E-state index contributed by atoms with van der Waals surface area (Å²) in [7, 11) is 3.50. The third-order valence-corrected chi connectivity index (χ3v) is 4.41. The number of nitrogens with zero attached hydrogens (tertiary/aromatic N) is 1. The highest BCUT2D eigenvalue weighted by molar-refractivity contribution is 6.33. The molecule has 19 heavy (non-hydrogen) atoms. The maximum Gasteiger partial charge on any atom is 0.253 e. The standard InChI is InChI=1S/C15H21ClN2O/c1-10(15(2)7-8-15)17-13-9-11(5-6-12(13)16)14(19)18(3)4/h5-6,9-10,17H,7-8H2,1-4H3. The van der Waals surface area contributed by atoms with E-state index in [2.05, 4.69) is 19.2 Å². The van der Waals surface area contributed by atoms with E-state index in [4.69, 9.17) is 11.6 Å². The number of amides is 1. The van der Waals surface area contributed by atoms with Gasteiger partial charge in [-0.25, -0.2) is 0 Å². The second kappa shape index (κ2) is 5.04. The first kappa shape index (κ1) is 14.2. The molecule has 0 saturated heterocycles. The number of halogens is 1. The molecule has 0 radical (unpaired) electrons. The second-order valence-electron chi connectivity index (χ2n) is 5.91. The molecule has 104 valence electrons. The summed E-state index contributed by atoms with van der Waals surface area (Å²) in [5.74, 6) is -0.00926. The van der Waals surface area contributed by atoms with Crippen LogP contribution in [0.2, 0.25) is 5.02 Å². The molecule has 0 spiro atoms. The molecule has 1 amide bonds. The molecule has 1 atom stereocenters. The summed E-state index contributed by atoms with van der Waals surface area (Å²) in [6.07, 6.45) is 2.49. The van der Waals surface area contributed by atoms with Crippen molar-refractivity contribution in [3.8, 4) is 0 Å². The van der Waals surface area contributed by atoms with Crippen molar-refractivity contribution in [2.75, 3.05) is 19.4 Å². The molecule has 3 nitrogen and oxygen atoms in total. The van der Waals surface area contributed by atoms with E-state index in [-0.39, 0.29) is 5.91 Å². The van der Waals surface area contributed by atoms with Gasteiger partial charge in [0.25, 0.3) is 5.91 Å². The molecule has 0 aliphatic heterocycles. The molecule has 4 heteroatoms. The molecular weight excluding hydrogens is 260 g/mol. The quantitative estimate of drug-likeness (QED) is 0.913. The van der Waals surface area contributed by atoms with Crippen LogP contribution in [-0.2, 0) is 0 Å². The summed E-state index contributed by atoms with van der Waals surface area (Å²) in [5, 5.41) is 4.10. The Labute approximate surface area is 119 Å². The van der Waals surface area contributed by atoms with E-state index in [1.807, 2.05) is 6.07 Å². The number of hydrogen-bond acceptors (Lipinski definition) is 2. The van der Waals surface area contributed by atoms with Gasteiger partial charge in [-0.05, 0) is 43.4 Å². The number of carbonyl (C=O) groups is 1. The Hall–Kier alpha value is -1.22. The van der Waals surface area contributed by atoms with Crippen LogP contribution in [0.25, 0.3) is 0 Å². The minimum absolute atomic E-state index is 0.00926. The highest BCUT2D eigenvalue weighted by Gasteiger charge is 2.42. The van der Waals surface area contributed by atoms with E-state index in [0.29, 0.717) is 22.0 Å². The molecule has 1 N–H and O–H groups in total. The molecule has 1 aromatic rings. The predicted molar refractivity (Wildman–Crippen MR) is 79.9 cm³/mol. The van der Waals surface area contributed by atoms with Gasteiger partial charge < -0.3 is 10.2 Å². The lowest BCUT2D eigenvalue weighted by atomic mass is 10.0. The van der Waals surface area contributed by atoms with Gasteiger partial charge in [0.2, 0.25) is 0 Å². The van der Waals surface area contributed by atoms with Crippen LogP contribution in [0.1, 0.15) is 37.0 Å². The van der Waals surface area contributed by atoms with Crippen LogP contribution >= 0.6 is 11.6 Å². The molecule has 0 heterocycles. The summed E-state index contributed by atoms with van der Waals surface area (Å²) in [6.45, 7) is 4.44. The lowest BCUT2D eigenvalue weighted by Gasteiger charge is -2.23. The van der Waals surface area contributed by atoms with Crippen LogP contribution in [0.3, 0.4) is 0 Å². The topological polar surface area (TPSA) is 32.3 Å². The molecular formula is C15H21ClN2O. The minimum Gasteiger partial charge on any atom is -0.381 e. The Morgan fingerprint density at radius 2 is 2.05 bits per heavy atom. The first-order valence-corrected chi connectivity index (χ1v) is 6.99. The predicted octanol–water partition coefficient (Wildman–Crippen LogP) is 3.64. The number of benzene rings is 1. The molecule has 1 fully saturated rings. The first-order chi connectivity index (χ1) is 8.83. The van der Waals surface area contributed by atoms with Gasteiger partial charge in [-0.2, -0.15) is 0 Å². The zero-order valence-corrected chi connectivity index (χ0v) is 12.7. The highest BCUT2D eigenvalue weighted by Crippen LogP contribution is 2.49. The van der Waals surface area contributed by atoms with E-state index < -0.39 is 0 Å². The van der Waals surface area contributed by atoms with Crippen LogP contribution in [-0.4, -0.2) is 30.9 Å². The zero-order valence-electron chi connectivity index (χ0n) is 12.0. The van der Waals surface area contributed by atoms with E-state index in [1.54, 1.807) is 31.1 Å². The van der Waals surface area contributed by atoms with Crippen LogP contribution in [0.4, 0.5) is 5.69 Å². The van der Waals surface area contributed by atoms with Gasteiger partial charge in [-0.15, -0.1) is 0 Å². The van der Waals surface area contributed by atoms with Crippen LogP contribution in [0.5, 0.6) is 0 Å². The minimum atomic E-state index is -0.00926. The average Bonchev–Trinajstić information content (AvgIpc) is 3.10. The Balaban J connectivity index is 2.20. The number of anilines is 1. The van der Waals surface area contributed by atoms with Crippen molar-refractivity contribution >= 4 is 23.2 Å². The van der Waals surface area contributed by atoms with Crippen molar-refractivity contribution < 1.29 is 4.79 Å². The van der Waals surface area contributed by atoms with Gasteiger partial charge in [0.1, 0.15) is 0 Å². The highest BCUT2D eigenvalue weighted by atomic mass is 35.5. The monoisotopic (exact) mass is 280 g/mol. The molecule has 1 unspecified atom stereocenters. The molecule has 1 aliphatic carbocycles. The number of rotatable bonds is 4. The Morgan fingerprint density at radius 3 is 2.58 bits per heavy atom. The summed E-state index contributed by atoms with van der Waals surface area (Å²) < 4.78 is 0. The number of nitrogens with one attached hydrogen (secondary N) is 1. The van der Waals surface area contributed by atoms with Gasteiger partial charge in [0.15, 0.2) is 0 Å². The maximum absolute atomic E-state index is 12.0. The summed E-state index contributed by atoms with van der Waals surface area (Å²) >= 11 is 6.21. The van der Waals surface area contributed by atoms with Crippen LogP contribution < -0.4 is 5.32 Å². The molecule has 2 rings (SSSR count). The van der Waals surface area contributed by atoms with Gasteiger partial charge in [-0.3, -0.25) is 4.79 Å². The van der Waals surface area contributed by atoms with Crippen LogP contribution in [0, 0.1) is 5.41 Å². The normalized spacial score (nSPS) is 17.7. The maximum atomic E-state index is 12.0. The van der Waals surface area contributed by atoms with Gasteiger partial charge in [0, 0.05) is 25.7 Å². The Kier molecular flexibility index (Phi) is 3.77. The number of hydrogen-bond donors (Lipinski definition) is 1. The van der Waals surface area contributed by atoms with Crippen molar-refractivity contribution in [3.63, 3.8) is 0 Å². The second-order valence-corrected chi connectivity index (χ2v) is 6.32. The van der Waals surface area contributed by atoms with E-state index >= 15 is 0 Å². The lowest BCUT2D eigenvalue weighted by Crippen LogP contribution is -2.26. The van der Waals surface area contributed by atoms with Gasteiger partial charge in [0.05, 0.1) is 10.7 Å². The molecule has 1 aromatic carbocycles. The summed E-state index contributed by atoms with van der Waals surface area (Å²) in [6, 6.07) is 5.74. The average molecular weight is 281 g/mol. The van der Waals surface area contributed by atoms with E-state index in [0.717, 1.165) is 5.69 Å². The van der Waals surface area contributed by atoms with Gasteiger partial charge >= 0.3 is 0 Å². The van der Waals surface area contributed by atoms with Crippen LogP contribution in [0.15, 0.2) is 18.2 Å². The Morgan fingerprint density at radius 1 is 1.42 bits per heavy atom. The van der Waals surface area contributed by atoms with Crippen molar-refractivity contribution in [2.45, 2.75) is 32.7 Å². The van der Waals surface area contributed by atoms with Gasteiger partial charge in [-0.1, -0.05) is 18.5 Å². The summed E-state index contributed by atoms with van der Waals surface area (Å²) in [5.41, 5.74) is 1.87. The smallest absolute Gasteiger partial charge is 0.253 e. The zero-order chi connectivity index (χ0) is 14.2. The van der Waals surface area contributed by atoms with Crippen molar-refractivity contribution in [1.29, 1.82) is 0 Å². The number of carbonyl (C=O) groups excluding carboxylic acids is 1. The lowest BCUT2D eigenvalue weighted by molar-refractivity contribution is 0.0827. The fraction of sp³-hybridized carbons (Fsp3) is 0.533. The third kappa shape index (κ3) is 3.03. The van der Waals surface area contributed by atoms with Crippen molar-refractivity contribution in [2.24, 2.45) is 5.41 Å². The fourth-order valence-electron chi connectivity index (χ4n) is 2.06. The molecule has 0 aromatic heterocycles. The SMILES string of the molecule is CC(Nc1cc(C(=O)N(C)C)ccc1Cl)C1(C)CC1. The molecule has 1 saturated carbocycles. The fourth-order valence-corrected chi connectivity index (χ4v) is 2.24. The summed E-state index contributed by atoms with van der Waals surface area (Å²) in [4.78, 5) is 13.5. The van der Waals surface area contributed by atoms with Crippen molar-refractivity contribution in [1.82, 2.24) is 4.90 Å². The third-order valence-electron chi connectivity index (χ3n) is 4.08. The largest absolute Gasteiger partial charge is 0.381 e. The Bertz CT molecular complexity index is 495.